The van der Waals surface area contributed by atoms with E-state index in [1.165, 1.54) is 39.1 Å². The third kappa shape index (κ3) is 2.73. The second-order valence-corrected chi connectivity index (χ2v) is 10.6. The van der Waals surface area contributed by atoms with E-state index in [2.05, 4.69) is 26.8 Å². The molecular formula is C22H35B2O2. The van der Waals surface area contributed by atoms with Gasteiger partial charge in [-0.05, 0) is 0 Å². The predicted octanol–water partition coefficient (Wildman–Crippen LogP) is 4.42. The molecule has 4 aliphatic carbocycles. The maximum atomic E-state index is 10.6. The molecule has 1 radical (unpaired) electrons. The summed E-state index contributed by atoms with van der Waals surface area (Å²) in [6.45, 7) is 9.27. The molecule has 0 aromatic heterocycles. The molecular weight excluding hydrogens is 318 g/mol. The zero-order chi connectivity index (χ0) is 18.7. The molecule has 0 aromatic carbocycles. The van der Waals surface area contributed by atoms with Gasteiger partial charge in [-0.15, -0.1) is 0 Å². The van der Waals surface area contributed by atoms with Crippen molar-refractivity contribution in [2.45, 2.75) is 90.8 Å². The van der Waals surface area contributed by atoms with Crippen LogP contribution in [0.3, 0.4) is 0 Å². The van der Waals surface area contributed by atoms with Crippen LogP contribution in [0.1, 0.15) is 79.1 Å². The summed E-state index contributed by atoms with van der Waals surface area (Å²) in [4.78, 5) is 0. The van der Waals surface area contributed by atoms with Gasteiger partial charge >= 0.3 is 161 Å². The average molecular weight is 353 g/mol. The van der Waals surface area contributed by atoms with E-state index in [0.29, 0.717) is 16.7 Å². The van der Waals surface area contributed by atoms with E-state index in [9.17, 15) is 5.11 Å². The second-order valence-electron chi connectivity index (χ2n) is 10.6. The Morgan fingerprint density at radius 1 is 1.15 bits per heavy atom. The van der Waals surface area contributed by atoms with Crippen molar-refractivity contribution in [1.82, 2.24) is 0 Å². The van der Waals surface area contributed by atoms with Gasteiger partial charge in [-0.1, -0.05) is 0 Å². The van der Waals surface area contributed by atoms with Gasteiger partial charge < -0.3 is 0 Å². The molecule has 0 heterocycles. The Morgan fingerprint density at radius 3 is 2.65 bits per heavy atom. The summed E-state index contributed by atoms with van der Waals surface area (Å²) in [5.74, 6) is 3.04. The van der Waals surface area contributed by atoms with Crippen LogP contribution in [0.2, 0.25) is 0 Å². The van der Waals surface area contributed by atoms with Gasteiger partial charge in [0.2, 0.25) is 0 Å². The Labute approximate surface area is 161 Å². The Balaban J connectivity index is 1.61. The molecule has 1 N–H and O–H groups in total. The van der Waals surface area contributed by atoms with Crippen molar-refractivity contribution in [2.75, 3.05) is 0 Å². The molecule has 2 unspecified atom stereocenters. The molecule has 4 heteroatoms. The number of hydrogen-bond donors (Lipinski definition) is 1. The first-order chi connectivity index (χ1) is 12.2. The van der Waals surface area contributed by atoms with Gasteiger partial charge in [0.25, 0.3) is 0 Å². The minimum atomic E-state index is -0.495. The van der Waals surface area contributed by atoms with Crippen LogP contribution in [0.15, 0.2) is 11.6 Å². The van der Waals surface area contributed by atoms with Gasteiger partial charge in [0.05, 0.1) is 0 Å². The molecule has 141 valence electrons. The SMILES string of the molecule is [B]=BOC(C)[C@H]1CCC2[C@@H]3CC=C4C[C@@](C)(O)CC[C@]4(C)[C@H]3CC[C@@]21C. The third-order valence-corrected chi connectivity index (χ3v) is 9.31. The third-order valence-electron chi connectivity index (χ3n) is 9.31. The van der Waals surface area contributed by atoms with Crippen LogP contribution in [0.5, 0.6) is 0 Å². The quantitative estimate of drug-likeness (QED) is 0.601. The van der Waals surface area contributed by atoms with Gasteiger partial charge in [0.15, 0.2) is 0 Å². The van der Waals surface area contributed by atoms with Crippen LogP contribution >= 0.6 is 0 Å². The van der Waals surface area contributed by atoms with Crippen LogP contribution < -0.4 is 0 Å². The molecule has 4 aliphatic rings. The molecule has 4 rings (SSSR count). The molecule has 0 amide bonds. The monoisotopic (exact) mass is 353 g/mol. The fourth-order valence-corrected chi connectivity index (χ4v) is 7.84. The van der Waals surface area contributed by atoms with Crippen LogP contribution in [0.4, 0.5) is 0 Å². The number of aliphatic hydroxyl groups is 1. The molecule has 0 aromatic rings. The van der Waals surface area contributed by atoms with Gasteiger partial charge in [0, 0.05) is 0 Å². The average Bonchev–Trinajstić information content (AvgIpc) is 2.93. The van der Waals surface area contributed by atoms with Gasteiger partial charge in [-0.25, -0.2) is 0 Å². The molecule has 3 saturated carbocycles. The van der Waals surface area contributed by atoms with E-state index in [4.69, 9.17) is 12.0 Å². The van der Waals surface area contributed by atoms with Crippen LogP contribution in [0, 0.1) is 34.5 Å². The van der Waals surface area contributed by atoms with Crippen molar-refractivity contribution in [3.8, 4) is 0 Å². The van der Waals surface area contributed by atoms with Crippen molar-refractivity contribution in [2.24, 2.45) is 34.5 Å². The normalized spacial score (nSPS) is 51.3. The molecule has 0 spiro atoms. The molecule has 3 fully saturated rings. The van der Waals surface area contributed by atoms with Crippen molar-refractivity contribution < 1.29 is 9.76 Å². The van der Waals surface area contributed by atoms with Crippen LogP contribution in [-0.2, 0) is 4.65 Å². The predicted molar refractivity (Wildman–Crippen MR) is 108 cm³/mol. The first kappa shape index (κ1) is 19.0. The molecule has 0 saturated heterocycles. The van der Waals surface area contributed by atoms with Gasteiger partial charge in [0.1, 0.15) is 0 Å². The zero-order valence-electron chi connectivity index (χ0n) is 17.1. The molecule has 0 bridgehead atoms. The van der Waals surface area contributed by atoms with Crippen LogP contribution in [0.25, 0.3) is 0 Å². The number of rotatable bonds is 3. The first-order valence-electron chi connectivity index (χ1n) is 10.8. The molecule has 26 heavy (non-hydrogen) atoms. The Hall–Kier alpha value is -0.370. The van der Waals surface area contributed by atoms with E-state index in [0.717, 1.165) is 37.0 Å². The van der Waals surface area contributed by atoms with Crippen molar-refractivity contribution >= 4 is 14.4 Å². The van der Waals surface area contributed by atoms with E-state index in [1.54, 1.807) is 5.57 Å². The maximum absolute atomic E-state index is 10.6. The van der Waals surface area contributed by atoms with E-state index in [1.807, 2.05) is 6.92 Å². The van der Waals surface area contributed by atoms with Crippen LogP contribution in [-0.4, -0.2) is 31.2 Å². The molecule has 2 nitrogen and oxygen atoms in total. The summed E-state index contributed by atoms with van der Waals surface area (Å²) >= 11 is 0. The number of hydrogen-bond acceptors (Lipinski definition) is 2. The minimum absolute atomic E-state index is 0.224. The summed E-state index contributed by atoms with van der Waals surface area (Å²) in [6.07, 6.45) is 12.2. The summed E-state index contributed by atoms with van der Waals surface area (Å²) in [6, 6.07) is 0. The second kappa shape index (κ2) is 6.32. The fraction of sp³-hybridized carbons (Fsp3) is 0.909. The zero-order valence-corrected chi connectivity index (χ0v) is 17.1. The summed E-state index contributed by atoms with van der Waals surface area (Å²) in [5.41, 5.74) is 1.77. The summed E-state index contributed by atoms with van der Waals surface area (Å²) < 4.78 is 5.72. The van der Waals surface area contributed by atoms with E-state index < -0.39 is 5.60 Å². The van der Waals surface area contributed by atoms with E-state index >= 15 is 0 Å². The van der Waals surface area contributed by atoms with Crippen molar-refractivity contribution in [3.05, 3.63) is 11.6 Å². The molecule has 8 atom stereocenters. The summed E-state index contributed by atoms with van der Waals surface area (Å²) in [5, 5.41) is 10.6. The fourth-order valence-electron chi connectivity index (χ4n) is 7.84. The first-order valence-corrected chi connectivity index (χ1v) is 10.8. The van der Waals surface area contributed by atoms with Gasteiger partial charge in [-0.2, -0.15) is 0 Å². The number of allylic oxidation sites excluding steroid dienone is 1. The van der Waals surface area contributed by atoms with Crippen molar-refractivity contribution in [1.29, 1.82) is 0 Å². The Bertz CT molecular complexity index is 615. The van der Waals surface area contributed by atoms with Gasteiger partial charge in [-0.3, -0.25) is 0 Å². The number of fused-ring (bicyclic) bond motifs is 5. The Kier molecular flexibility index (Phi) is 4.61. The molecule has 0 aliphatic heterocycles. The topological polar surface area (TPSA) is 29.5 Å². The summed E-state index contributed by atoms with van der Waals surface area (Å²) in [7, 11) is 6.94. The van der Waals surface area contributed by atoms with E-state index in [-0.39, 0.29) is 6.10 Å². The van der Waals surface area contributed by atoms with Crippen molar-refractivity contribution in [3.63, 3.8) is 0 Å². The standard InChI is InChI=1S/C22H35B2O2/c1-14(26-24-23)17-7-8-18-16-6-5-15-13-20(2,25)11-12-21(15,3)19(16)9-10-22(17,18)4/h5,14,16-19,25H,6-13H2,1-4H3/t14?,16-,17+,18?,19-,20-,21-,22+/m0/s1. The Morgan fingerprint density at radius 2 is 1.92 bits per heavy atom.